The Morgan fingerprint density at radius 1 is 1.21 bits per heavy atom. The lowest BCUT2D eigenvalue weighted by Gasteiger charge is -2.09. The van der Waals surface area contributed by atoms with Crippen LogP contribution in [0.5, 0.6) is 0 Å². The molecule has 0 aliphatic rings. The lowest BCUT2D eigenvalue weighted by molar-refractivity contribution is 0.107. The highest BCUT2D eigenvalue weighted by Gasteiger charge is 2.08. The third kappa shape index (κ3) is 5.76. The number of benzene rings is 1. The number of methoxy groups -OCH3 is 1. The van der Waals surface area contributed by atoms with Crippen molar-refractivity contribution in [2.45, 2.75) is 12.8 Å². The molecule has 0 bridgehead atoms. The third-order valence-electron chi connectivity index (χ3n) is 4.18. The molecule has 3 rings (SSSR count). The molecular formula is C20H23N5O4. The third-order valence-corrected chi connectivity index (χ3v) is 4.18. The number of carbonyl (C=O) groups is 1. The minimum absolute atomic E-state index is 0.110. The Hall–Kier alpha value is -3.46. The molecule has 1 N–H and O–H groups in total. The summed E-state index contributed by atoms with van der Waals surface area (Å²) in [6.07, 6.45) is 5.67. The fraction of sp³-hybridized carbons (Fsp3) is 0.300. The maximum absolute atomic E-state index is 12.2. The number of nitrogens with one attached hydrogen (secondary N) is 1. The first kappa shape index (κ1) is 20.3. The van der Waals surface area contributed by atoms with Crippen molar-refractivity contribution in [1.82, 2.24) is 19.6 Å². The summed E-state index contributed by atoms with van der Waals surface area (Å²) in [5, 5.41) is 11.2. The summed E-state index contributed by atoms with van der Waals surface area (Å²) in [7, 11) is 3.36. The average molecular weight is 397 g/mol. The Kier molecular flexibility index (Phi) is 6.75. The molecule has 1 amide bonds. The van der Waals surface area contributed by atoms with Crippen LogP contribution in [0.2, 0.25) is 0 Å². The Morgan fingerprint density at radius 2 is 2.07 bits per heavy atom. The van der Waals surface area contributed by atoms with E-state index in [4.69, 9.17) is 9.47 Å². The van der Waals surface area contributed by atoms with Crippen LogP contribution in [0.4, 0.5) is 10.5 Å². The molecular weight excluding hydrogens is 374 g/mol. The number of hydrogen-bond donors (Lipinski definition) is 1. The maximum Gasteiger partial charge on any atom is 0.411 e. The van der Waals surface area contributed by atoms with Gasteiger partial charge in [0.05, 0.1) is 19.0 Å². The molecule has 29 heavy (non-hydrogen) atoms. The van der Waals surface area contributed by atoms with Gasteiger partial charge in [-0.1, -0.05) is 12.1 Å². The zero-order valence-electron chi connectivity index (χ0n) is 16.4. The van der Waals surface area contributed by atoms with Gasteiger partial charge in [0.1, 0.15) is 18.0 Å². The van der Waals surface area contributed by atoms with Crippen molar-refractivity contribution in [3.05, 3.63) is 70.4 Å². The Labute approximate surface area is 167 Å². The number of amides is 1. The van der Waals surface area contributed by atoms with Crippen molar-refractivity contribution >= 4 is 11.8 Å². The summed E-state index contributed by atoms with van der Waals surface area (Å²) < 4.78 is 13.1. The van der Waals surface area contributed by atoms with E-state index in [1.807, 2.05) is 31.4 Å². The van der Waals surface area contributed by atoms with Crippen LogP contribution in [-0.4, -0.2) is 46.0 Å². The van der Waals surface area contributed by atoms with Crippen LogP contribution in [0.3, 0.4) is 0 Å². The number of hydrogen-bond acceptors (Lipinski definition) is 6. The SMILES string of the molecule is COCCOC(=O)Nc1cccc(CCc2nn(-c3cnn(C)c3)ccc2=O)c1. The van der Waals surface area contributed by atoms with E-state index >= 15 is 0 Å². The van der Waals surface area contributed by atoms with E-state index < -0.39 is 6.09 Å². The second kappa shape index (κ2) is 9.65. The van der Waals surface area contributed by atoms with Gasteiger partial charge in [0.2, 0.25) is 5.43 Å². The van der Waals surface area contributed by atoms with Gasteiger partial charge in [-0.2, -0.15) is 10.2 Å². The summed E-state index contributed by atoms with van der Waals surface area (Å²) in [5.41, 5.74) is 2.73. The molecule has 3 aromatic rings. The molecule has 0 atom stereocenters. The predicted molar refractivity (Wildman–Crippen MR) is 107 cm³/mol. The predicted octanol–water partition coefficient (Wildman–Crippen LogP) is 1.95. The topological polar surface area (TPSA) is 100 Å². The van der Waals surface area contributed by atoms with Gasteiger partial charge in [-0.15, -0.1) is 0 Å². The second-order valence-corrected chi connectivity index (χ2v) is 6.40. The molecule has 0 unspecified atom stereocenters. The standard InChI is InChI=1S/C20H23N5O4/c1-24-14-17(13-21-24)25-9-8-19(26)18(23-25)7-6-15-4-3-5-16(12-15)22-20(27)29-11-10-28-2/h3-5,8-9,12-14H,6-7,10-11H2,1-2H3,(H,22,27). The molecule has 0 fully saturated rings. The number of nitrogens with zero attached hydrogens (tertiary/aromatic N) is 4. The number of ether oxygens (including phenoxy) is 2. The fourth-order valence-electron chi connectivity index (χ4n) is 2.73. The highest BCUT2D eigenvalue weighted by atomic mass is 16.6. The summed E-state index contributed by atoms with van der Waals surface area (Å²) >= 11 is 0. The Morgan fingerprint density at radius 3 is 2.83 bits per heavy atom. The number of rotatable bonds is 8. The molecule has 0 spiro atoms. The van der Waals surface area contributed by atoms with Crippen LogP contribution >= 0.6 is 0 Å². The van der Waals surface area contributed by atoms with Crippen LogP contribution in [-0.2, 0) is 29.4 Å². The fourth-order valence-corrected chi connectivity index (χ4v) is 2.73. The van der Waals surface area contributed by atoms with Crippen molar-refractivity contribution in [2.24, 2.45) is 7.05 Å². The first-order chi connectivity index (χ1) is 14.0. The summed E-state index contributed by atoms with van der Waals surface area (Å²) in [4.78, 5) is 23.9. The summed E-state index contributed by atoms with van der Waals surface area (Å²) in [5.74, 6) is 0. The van der Waals surface area contributed by atoms with E-state index in [0.717, 1.165) is 11.3 Å². The zero-order chi connectivity index (χ0) is 20.6. The smallest absolute Gasteiger partial charge is 0.411 e. The molecule has 0 saturated heterocycles. The molecule has 152 valence electrons. The van der Waals surface area contributed by atoms with Crippen LogP contribution in [0.15, 0.2) is 53.7 Å². The van der Waals surface area contributed by atoms with E-state index in [2.05, 4.69) is 15.5 Å². The molecule has 2 aromatic heterocycles. The van der Waals surface area contributed by atoms with Gasteiger partial charge in [0.25, 0.3) is 0 Å². The molecule has 1 aromatic carbocycles. The quantitative estimate of drug-likeness (QED) is 0.583. The van der Waals surface area contributed by atoms with Gasteiger partial charge >= 0.3 is 6.09 Å². The number of carbonyl (C=O) groups excluding carboxylic acids is 1. The molecule has 0 aliphatic heterocycles. The second-order valence-electron chi connectivity index (χ2n) is 6.40. The van der Waals surface area contributed by atoms with E-state index in [9.17, 15) is 9.59 Å². The van der Waals surface area contributed by atoms with Crippen molar-refractivity contribution < 1.29 is 14.3 Å². The van der Waals surface area contributed by atoms with Crippen molar-refractivity contribution in [1.29, 1.82) is 0 Å². The van der Waals surface area contributed by atoms with E-state index in [1.165, 1.54) is 13.2 Å². The van der Waals surface area contributed by atoms with Gasteiger partial charge in [0.15, 0.2) is 0 Å². The molecule has 0 radical (unpaired) electrons. The van der Waals surface area contributed by atoms with E-state index in [-0.39, 0.29) is 12.0 Å². The average Bonchev–Trinajstić information content (AvgIpc) is 3.14. The Bertz CT molecular complexity index is 1030. The van der Waals surface area contributed by atoms with Crippen LogP contribution < -0.4 is 10.7 Å². The van der Waals surface area contributed by atoms with Crippen LogP contribution in [0.25, 0.3) is 5.69 Å². The largest absolute Gasteiger partial charge is 0.447 e. The summed E-state index contributed by atoms with van der Waals surface area (Å²) in [6.45, 7) is 0.527. The summed E-state index contributed by atoms with van der Waals surface area (Å²) in [6, 6.07) is 8.90. The molecule has 9 nitrogen and oxygen atoms in total. The molecule has 2 heterocycles. The van der Waals surface area contributed by atoms with Gasteiger partial charge in [-0.3, -0.25) is 14.8 Å². The first-order valence-corrected chi connectivity index (χ1v) is 9.14. The minimum atomic E-state index is -0.539. The van der Waals surface area contributed by atoms with Crippen molar-refractivity contribution in [3.8, 4) is 5.69 Å². The van der Waals surface area contributed by atoms with E-state index in [0.29, 0.717) is 30.8 Å². The molecule has 9 heteroatoms. The Balaban J connectivity index is 1.64. The first-order valence-electron chi connectivity index (χ1n) is 9.14. The number of aryl methyl sites for hydroxylation is 3. The normalized spacial score (nSPS) is 10.7. The van der Waals surface area contributed by atoms with E-state index in [1.54, 1.807) is 27.8 Å². The van der Waals surface area contributed by atoms with Crippen LogP contribution in [0.1, 0.15) is 11.3 Å². The van der Waals surface area contributed by atoms with Gasteiger partial charge in [0, 0.05) is 32.1 Å². The highest BCUT2D eigenvalue weighted by Crippen LogP contribution is 2.13. The number of anilines is 1. The molecule has 0 saturated carbocycles. The van der Waals surface area contributed by atoms with Crippen molar-refractivity contribution in [3.63, 3.8) is 0 Å². The zero-order valence-corrected chi connectivity index (χ0v) is 16.4. The van der Waals surface area contributed by atoms with Gasteiger partial charge in [-0.25, -0.2) is 9.48 Å². The highest BCUT2D eigenvalue weighted by molar-refractivity contribution is 5.84. The monoisotopic (exact) mass is 397 g/mol. The van der Waals surface area contributed by atoms with Gasteiger partial charge < -0.3 is 9.47 Å². The van der Waals surface area contributed by atoms with Gasteiger partial charge in [-0.05, 0) is 30.5 Å². The minimum Gasteiger partial charge on any atom is -0.447 e. The molecule has 0 aliphatic carbocycles. The lowest BCUT2D eigenvalue weighted by Crippen LogP contribution is -2.17. The lowest BCUT2D eigenvalue weighted by atomic mass is 10.1. The van der Waals surface area contributed by atoms with Crippen LogP contribution in [0, 0.1) is 0 Å². The number of aromatic nitrogens is 4. The maximum atomic E-state index is 12.2. The van der Waals surface area contributed by atoms with Crippen molar-refractivity contribution in [2.75, 3.05) is 25.6 Å².